The van der Waals surface area contributed by atoms with E-state index >= 15 is 0 Å². The van der Waals surface area contributed by atoms with E-state index in [1.54, 1.807) is 0 Å². The van der Waals surface area contributed by atoms with E-state index in [0.717, 1.165) is 25.6 Å². The van der Waals surface area contributed by atoms with Crippen LogP contribution in [-0.4, -0.2) is 28.6 Å². The van der Waals surface area contributed by atoms with Gasteiger partial charge in [-0.15, -0.1) is 24.0 Å². The molecule has 3 rings (SSSR count). The molecule has 0 bridgehead atoms. The largest absolute Gasteiger partial charge is 0.357 e. The lowest BCUT2D eigenvalue weighted by molar-refractivity contribution is 0.131. The van der Waals surface area contributed by atoms with Crippen molar-refractivity contribution in [3.63, 3.8) is 0 Å². The van der Waals surface area contributed by atoms with Crippen molar-refractivity contribution in [3.8, 4) is 0 Å². The van der Waals surface area contributed by atoms with Gasteiger partial charge in [0.05, 0.1) is 12.9 Å². The van der Waals surface area contributed by atoms with Crippen LogP contribution in [0.15, 0.2) is 48.0 Å². The third-order valence-electron chi connectivity index (χ3n) is 5.51. The number of hydrogen-bond donors (Lipinski definition) is 2. The zero-order chi connectivity index (χ0) is 18.2. The van der Waals surface area contributed by atoms with Gasteiger partial charge >= 0.3 is 0 Å². The molecule has 2 aromatic rings. The Labute approximate surface area is 180 Å². The molecule has 1 heterocycles. The maximum absolute atomic E-state index is 4.76. The first kappa shape index (κ1) is 21.7. The molecule has 148 valence electrons. The Morgan fingerprint density at radius 3 is 2.44 bits per heavy atom. The molecule has 5 nitrogen and oxygen atoms in total. The first-order valence-corrected chi connectivity index (χ1v) is 9.79. The molecule has 0 amide bonds. The standard InChI is InChI=1S/C21H31N5.HI/c1-3-21(10-5-11-21)16-25-20(23-4-2)24-14-18-6-8-19(9-7-18)15-26-13-12-22-17-26;/h6-9,12-13,17H,3-5,10-11,14-16H2,1-2H3,(H2,23,24,25);1H. The highest BCUT2D eigenvalue weighted by molar-refractivity contribution is 14.0. The molecule has 1 fully saturated rings. The Bertz CT molecular complexity index is 684. The van der Waals surface area contributed by atoms with Crippen molar-refractivity contribution in [2.24, 2.45) is 10.4 Å². The Kier molecular flexibility index (Phi) is 8.60. The Hall–Kier alpha value is -1.57. The summed E-state index contributed by atoms with van der Waals surface area (Å²) in [7, 11) is 0. The van der Waals surface area contributed by atoms with Crippen molar-refractivity contribution in [1.82, 2.24) is 20.2 Å². The van der Waals surface area contributed by atoms with Crippen molar-refractivity contribution in [3.05, 3.63) is 54.1 Å². The van der Waals surface area contributed by atoms with E-state index in [1.165, 1.54) is 36.8 Å². The first-order valence-electron chi connectivity index (χ1n) is 9.79. The number of nitrogens with one attached hydrogen (secondary N) is 2. The quantitative estimate of drug-likeness (QED) is 0.338. The van der Waals surface area contributed by atoms with Gasteiger partial charge in [0.25, 0.3) is 0 Å². The highest BCUT2D eigenvalue weighted by Crippen LogP contribution is 2.42. The fourth-order valence-corrected chi connectivity index (χ4v) is 3.46. The van der Waals surface area contributed by atoms with Crippen LogP contribution in [-0.2, 0) is 13.1 Å². The van der Waals surface area contributed by atoms with Crippen molar-refractivity contribution in [2.45, 2.75) is 52.6 Å². The van der Waals surface area contributed by atoms with Gasteiger partial charge in [-0.2, -0.15) is 0 Å². The summed E-state index contributed by atoms with van der Waals surface area (Å²) in [6.07, 6.45) is 10.9. The molecular formula is C21H32IN5. The summed E-state index contributed by atoms with van der Waals surface area (Å²) < 4.78 is 2.07. The number of benzene rings is 1. The number of imidazole rings is 1. The third kappa shape index (κ3) is 6.23. The number of halogens is 1. The third-order valence-corrected chi connectivity index (χ3v) is 5.51. The lowest BCUT2D eigenvalue weighted by atomic mass is 9.67. The molecular weight excluding hydrogens is 449 g/mol. The van der Waals surface area contributed by atoms with Gasteiger partial charge in [-0.1, -0.05) is 37.6 Å². The number of nitrogens with zero attached hydrogens (tertiary/aromatic N) is 3. The van der Waals surface area contributed by atoms with E-state index in [4.69, 9.17) is 4.99 Å². The van der Waals surface area contributed by atoms with E-state index in [0.29, 0.717) is 12.0 Å². The van der Waals surface area contributed by atoms with Crippen molar-refractivity contribution >= 4 is 29.9 Å². The number of aliphatic imine (C=N–C) groups is 1. The molecule has 2 N–H and O–H groups in total. The van der Waals surface area contributed by atoms with Gasteiger partial charge < -0.3 is 15.2 Å². The summed E-state index contributed by atoms with van der Waals surface area (Å²) >= 11 is 0. The number of hydrogen-bond acceptors (Lipinski definition) is 2. The Balaban J connectivity index is 0.00000261. The molecule has 0 radical (unpaired) electrons. The molecule has 0 spiro atoms. The predicted octanol–water partition coefficient (Wildman–Crippen LogP) is 4.18. The second-order valence-corrected chi connectivity index (χ2v) is 7.31. The maximum Gasteiger partial charge on any atom is 0.191 e. The van der Waals surface area contributed by atoms with Crippen molar-refractivity contribution in [1.29, 1.82) is 0 Å². The topological polar surface area (TPSA) is 54.2 Å². The highest BCUT2D eigenvalue weighted by Gasteiger charge is 2.34. The first-order chi connectivity index (χ1) is 12.7. The summed E-state index contributed by atoms with van der Waals surface area (Å²) in [5.74, 6) is 0.926. The molecule has 27 heavy (non-hydrogen) atoms. The predicted molar refractivity (Wildman–Crippen MR) is 123 cm³/mol. The monoisotopic (exact) mass is 481 g/mol. The SMILES string of the molecule is CCNC(=NCc1ccc(Cn2ccnc2)cc1)NCC1(CC)CCC1.I. The number of aromatic nitrogens is 2. The minimum Gasteiger partial charge on any atom is -0.357 e. The normalized spacial score (nSPS) is 15.6. The zero-order valence-corrected chi connectivity index (χ0v) is 18.8. The van der Waals surface area contributed by atoms with Crippen LogP contribution in [0, 0.1) is 5.41 Å². The average Bonchev–Trinajstić information content (AvgIpc) is 3.13. The van der Waals surface area contributed by atoms with Crippen LogP contribution < -0.4 is 10.6 Å². The maximum atomic E-state index is 4.76. The van der Waals surface area contributed by atoms with E-state index in [9.17, 15) is 0 Å². The van der Waals surface area contributed by atoms with Gasteiger partial charge in [-0.05, 0) is 42.7 Å². The second-order valence-electron chi connectivity index (χ2n) is 7.31. The zero-order valence-electron chi connectivity index (χ0n) is 16.4. The van der Waals surface area contributed by atoms with Gasteiger partial charge in [0.1, 0.15) is 0 Å². The molecule has 0 aliphatic heterocycles. The smallest absolute Gasteiger partial charge is 0.191 e. The van der Waals surface area contributed by atoms with Crippen LogP contribution in [0.4, 0.5) is 0 Å². The summed E-state index contributed by atoms with van der Waals surface area (Å²) in [5.41, 5.74) is 2.99. The van der Waals surface area contributed by atoms with Gasteiger partial charge in [-0.25, -0.2) is 9.98 Å². The molecule has 0 atom stereocenters. The summed E-state index contributed by atoms with van der Waals surface area (Å²) in [6.45, 7) is 7.87. The van der Waals surface area contributed by atoms with Crippen LogP contribution in [0.5, 0.6) is 0 Å². The molecule has 1 aliphatic rings. The molecule has 1 aromatic carbocycles. The Morgan fingerprint density at radius 1 is 1.15 bits per heavy atom. The second kappa shape index (κ2) is 10.7. The van der Waals surface area contributed by atoms with Gasteiger partial charge in [-0.3, -0.25) is 0 Å². The van der Waals surface area contributed by atoms with Crippen LogP contribution in [0.3, 0.4) is 0 Å². The lowest BCUT2D eigenvalue weighted by Crippen LogP contribution is -2.46. The minimum absolute atomic E-state index is 0. The van der Waals surface area contributed by atoms with Crippen LogP contribution >= 0.6 is 24.0 Å². The highest BCUT2D eigenvalue weighted by atomic mass is 127. The summed E-state index contributed by atoms with van der Waals surface area (Å²) in [6, 6.07) is 8.68. The van der Waals surface area contributed by atoms with E-state index < -0.39 is 0 Å². The molecule has 1 saturated carbocycles. The van der Waals surface area contributed by atoms with E-state index in [-0.39, 0.29) is 24.0 Å². The average molecular weight is 481 g/mol. The summed E-state index contributed by atoms with van der Waals surface area (Å²) in [5, 5.41) is 6.92. The fraction of sp³-hybridized carbons (Fsp3) is 0.524. The lowest BCUT2D eigenvalue weighted by Gasteiger charge is -2.41. The molecule has 1 aromatic heterocycles. The Morgan fingerprint density at radius 2 is 1.89 bits per heavy atom. The van der Waals surface area contributed by atoms with E-state index in [1.807, 2.05) is 18.7 Å². The van der Waals surface area contributed by atoms with Crippen LogP contribution in [0.2, 0.25) is 0 Å². The minimum atomic E-state index is 0. The molecule has 0 unspecified atom stereocenters. The van der Waals surface area contributed by atoms with Gasteiger partial charge in [0, 0.05) is 32.0 Å². The molecule has 6 heteroatoms. The van der Waals surface area contributed by atoms with Gasteiger partial charge in [0.2, 0.25) is 0 Å². The van der Waals surface area contributed by atoms with Crippen LogP contribution in [0.25, 0.3) is 0 Å². The number of rotatable bonds is 8. The number of guanidine groups is 1. The van der Waals surface area contributed by atoms with Crippen LogP contribution in [0.1, 0.15) is 50.7 Å². The molecule has 0 saturated heterocycles. The van der Waals surface area contributed by atoms with Crippen molar-refractivity contribution in [2.75, 3.05) is 13.1 Å². The summed E-state index contributed by atoms with van der Waals surface area (Å²) in [4.78, 5) is 8.85. The molecule has 1 aliphatic carbocycles. The van der Waals surface area contributed by atoms with Crippen molar-refractivity contribution < 1.29 is 0 Å². The fourth-order valence-electron chi connectivity index (χ4n) is 3.46. The van der Waals surface area contributed by atoms with Gasteiger partial charge in [0.15, 0.2) is 5.96 Å². The van der Waals surface area contributed by atoms with E-state index in [2.05, 4.69) is 58.3 Å².